The van der Waals surface area contributed by atoms with Gasteiger partial charge in [0.2, 0.25) is 0 Å². The van der Waals surface area contributed by atoms with E-state index in [-0.39, 0.29) is 5.97 Å². The standard InChI is InChI=1S/C12H16N2O2/c1-16-12(15)9-5-8-11(14-13)10-6-3-2-4-7-10/h2-4,6-7H,5,8-9,13H2,1H3/b14-11+. The topological polar surface area (TPSA) is 64.7 Å². The molecule has 4 nitrogen and oxygen atoms in total. The van der Waals surface area contributed by atoms with Crippen molar-refractivity contribution in [1.82, 2.24) is 0 Å². The minimum Gasteiger partial charge on any atom is -0.469 e. The van der Waals surface area contributed by atoms with Gasteiger partial charge in [0.05, 0.1) is 12.8 Å². The maximum atomic E-state index is 10.9. The number of carbonyl (C=O) groups excluding carboxylic acids is 1. The van der Waals surface area contributed by atoms with Crippen molar-refractivity contribution in [2.75, 3.05) is 7.11 Å². The van der Waals surface area contributed by atoms with Gasteiger partial charge in [-0.3, -0.25) is 4.79 Å². The van der Waals surface area contributed by atoms with E-state index in [9.17, 15) is 4.79 Å². The summed E-state index contributed by atoms with van der Waals surface area (Å²) >= 11 is 0. The van der Waals surface area contributed by atoms with Crippen LogP contribution in [-0.4, -0.2) is 18.8 Å². The summed E-state index contributed by atoms with van der Waals surface area (Å²) in [6.45, 7) is 0. The third kappa shape index (κ3) is 3.73. The number of carbonyl (C=O) groups is 1. The van der Waals surface area contributed by atoms with Crippen molar-refractivity contribution in [2.24, 2.45) is 10.9 Å². The Morgan fingerprint density at radius 3 is 2.56 bits per heavy atom. The van der Waals surface area contributed by atoms with Gasteiger partial charge in [-0.1, -0.05) is 30.3 Å². The fourth-order valence-corrected chi connectivity index (χ4v) is 1.42. The predicted molar refractivity (Wildman–Crippen MR) is 63.0 cm³/mol. The first kappa shape index (κ1) is 12.2. The van der Waals surface area contributed by atoms with Crippen LogP contribution < -0.4 is 5.84 Å². The largest absolute Gasteiger partial charge is 0.469 e. The molecule has 0 aromatic heterocycles. The molecule has 0 heterocycles. The molecule has 86 valence electrons. The zero-order valence-corrected chi connectivity index (χ0v) is 9.35. The van der Waals surface area contributed by atoms with Crippen LogP contribution in [0.15, 0.2) is 35.4 Å². The molecular formula is C12H16N2O2. The first-order chi connectivity index (χ1) is 7.77. The Hall–Kier alpha value is -1.84. The third-order valence-electron chi connectivity index (χ3n) is 2.29. The average molecular weight is 220 g/mol. The molecule has 0 spiro atoms. The Kier molecular flexibility index (Phi) is 5.05. The number of methoxy groups -OCH3 is 1. The first-order valence-electron chi connectivity index (χ1n) is 5.17. The Bertz CT molecular complexity index is 361. The Labute approximate surface area is 95.1 Å². The summed E-state index contributed by atoms with van der Waals surface area (Å²) in [5.74, 6) is 5.12. The lowest BCUT2D eigenvalue weighted by atomic mass is 10.0. The molecule has 0 unspecified atom stereocenters. The number of benzene rings is 1. The molecule has 2 N–H and O–H groups in total. The van der Waals surface area contributed by atoms with Crippen LogP contribution in [0.3, 0.4) is 0 Å². The second-order valence-corrected chi connectivity index (χ2v) is 3.37. The van der Waals surface area contributed by atoms with Gasteiger partial charge in [0.25, 0.3) is 0 Å². The van der Waals surface area contributed by atoms with Crippen LogP contribution in [-0.2, 0) is 9.53 Å². The van der Waals surface area contributed by atoms with Gasteiger partial charge < -0.3 is 10.6 Å². The molecule has 1 rings (SSSR count). The molecule has 0 aliphatic carbocycles. The SMILES string of the molecule is COC(=O)CCC/C(=N\N)c1ccccc1. The minimum absolute atomic E-state index is 0.204. The predicted octanol–water partition coefficient (Wildman–Crippen LogP) is 1.69. The van der Waals surface area contributed by atoms with Crippen LogP contribution in [0.25, 0.3) is 0 Å². The van der Waals surface area contributed by atoms with Crippen molar-refractivity contribution in [3.8, 4) is 0 Å². The number of hydrogen-bond donors (Lipinski definition) is 1. The smallest absolute Gasteiger partial charge is 0.305 e. The van der Waals surface area contributed by atoms with E-state index in [1.165, 1.54) is 7.11 Å². The quantitative estimate of drug-likeness (QED) is 0.355. The van der Waals surface area contributed by atoms with E-state index in [4.69, 9.17) is 5.84 Å². The summed E-state index contributed by atoms with van der Waals surface area (Å²) in [6.07, 6.45) is 1.76. The number of nitrogens with zero attached hydrogens (tertiary/aromatic N) is 1. The van der Waals surface area contributed by atoms with E-state index in [0.717, 1.165) is 11.3 Å². The number of ether oxygens (including phenoxy) is 1. The highest BCUT2D eigenvalue weighted by molar-refractivity contribution is 6.00. The van der Waals surface area contributed by atoms with Gasteiger partial charge in [0.15, 0.2) is 0 Å². The van der Waals surface area contributed by atoms with Crippen LogP contribution in [0.2, 0.25) is 0 Å². The van der Waals surface area contributed by atoms with Crippen LogP contribution in [0.1, 0.15) is 24.8 Å². The highest BCUT2D eigenvalue weighted by Gasteiger charge is 2.05. The minimum atomic E-state index is -0.204. The van der Waals surface area contributed by atoms with E-state index in [0.29, 0.717) is 19.3 Å². The van der Waals surface area contributed by atoms with Crippen LogP contribution in [0, 0.1) is 0 Å². The van der Waals surface area contributed by atoms with E-state index in [2.05, 4.69) is 9.84 Å². The molecule has 0 fully saturated rings. The zero-order valence-electron chi connectivity index (χ0n) is 9.35. The van der Waals surface area contributed by atoms with Crippen molar-refractivity contribution in [3.05, 3.63) is 35.9 Å². The summed E-state index contributed by atoms with van der Waals surface area (Å²) < 4.78 is 4.56. The van der Waals surface area contributed by atoms with Gasteiger partial charge in [-0.05, 0) is 18.4 Å². The molecule has 0 bridgehead atoms. The third-order valence-corrected chi connectivity index (χ3v) is 2.29. The summed E-state index contributed by atoms with van der Waals surface area (Å²) in [4.78, 5) is 10.9. The molecule has 0 amide bonds. The molecule has 0 aliphatic rings. The monoisotopic (exact) mass is 220 g/mol. The first-order valence-corrected chi connectivity index (χ1v) is 5.17. The lowest BCUT2D eigenvalue weighted by molar-refractivity contribution is -0.140. The molecule has 0 radical (unpaired) electrons. The lowest BCUT2D eigenvalue weighted by Crippen LogP contribution is -2.06. The van der Waals surface area contributed by atoms with Crippen LogP contribution >= 0.6 is 0 Å². The number of hydrogen-bond acceptors (Lipinski definition) is 4. The zero-order chi connectivity index (χ0) is 11.8. The maximum absolute atomic E-state index is 10.9. The number of nitrogens with two attached hydrogens (primary N) is 1. The summed E-state index contributed by atoms with van der Waals surface area (Å²) in [5.41, 5.74) is 1.80. The Balaban J connectivity index is 2.49. The molecule has 16 heavy (non-hydrogen) atoms. The van der Waals surface area contributed by atoms with Crippen molar-refractivity contribution in [1.29, 1.82) is 0 Å². The van der Waals surface area contributed by atoms with Crippen LogP contribution in [0.5, 0.6) is 0 Å². The van der Waals surface area contributed by atoms with Gasteiger partial charge >= 0.3 is 5.97 Å². The summed E-state index contributed by atoms with van der Waals surface area (Å²) in [6, 6.07) is 9.70. The lowest BCUT2D eigenvalue weighted by Gasteiger charge is -2.04. The highest BCUT2D eigenvalue weighted by atomic mass is 16.5. The second kappa shape index (κ2) is 6.61. The Morgan fingerprint density at radius 2 is 2.00 bits per heavy atom. The summed E-state index contributed by atoms with van der Waals surface area (Å²) in [5, 5.41) is 3.75. The molecule has 0 atom stereocenters. The average Bonchev–Trinajstić information content (AvgIpc) is 2.35. The molecule has 1 aromatic rings. The Morgan fingerprint density at radius 1 is 1.31 bits per heavy atom. The normalized spacial score (nSPS) is 11.2. The molecule has 1 aromatic carbocycles. The van der Waals surface area contributed by atoms with E-state index in [1.807, 2.05) is 30.3 Å². The van der Waals surface area contributed by atoms with E-state index >= 15 is 0 Å². The van der Waals surface area contributed by atoms with Gasteiger partial charge in [0, 0.05) is 6.42 Å². The molecule has 4 heteroatoms. The van der Waals surface area contributed by atoms with Gasteiger partial charge in [-0.2, -0.15) is 5.10 Å². The maximum Gasteiger partial charge on any atom is 0.305 e. The number of hydrazone groups is 1. The summed E-state index contributed by atoms with van der Waals surface area (Å²) in [7, 11) is 1.39. The fraction of sp³-hybridized carbons (Fsp3) is 0.333. The van der Waals surface area contributed by atoms with E-state index in [1.54, 1.807) is 0 Å². The van der Waals surface area contributed by atoms with Crippen LogP contribution in [0.4, 0.5) is 0 Å². The van der Waals surface area contributed by atoms with Crippen molar-refractivity contribution < 1.29 is 9.53 Å². The molecular weight excluding hydrogens is 204 g/mol. The fourth-order valence-electron chi connectivity index (χ4n) is 1.42. The molecule has 0 saturated heterocycles. The van der Waals surface area contributed by atoms with Gasteiger partial charge in [-0.25, -0.2) is 0 Å². The van der Waals surface area contributed by atoms with Crippen molar-refractivity contribution >= 4 is 11.7 Å². The van der Waals surface area contributed by atoms with Crippen molar-refractivity contribution in [2.45, 2.75) is 19.3 Å². The van der Waals surface area contributed by atoms with Crippen molar-refractivity contribution in [3.63, 3.8) is 0 Å². The number of esters is 1. The number of rotatable bonds is 5. The van der Waals surface area contributed by atoms with Gasteiger partial charge in [-0.15, -0.1) is 0 Å². The molecule has 0 saturated carbocycles. The van der Waals surface area contributed by atoms with E-state index < -0.39 is 0 Å². The highest BCUT2D eigenvalue weighted by Crippen LogP contribution is 2.07. The van der Waals surface area contributed by atoms with Gasteiger partial charge in [0.1, 0.15) is 0 Å². The molecule has 0 aliphatic heterocycles. The second-order valence-electron chi connectivity index (χ2n) is 3.37.